The number of rotatable bonds is 5. The van der Waals surface area contributed by atoms with Crippen LogP contribution in [0.2, 0.25) is 0 Å². The highest BCUT2D eigenvalue weighted by Gasteiger charge is 2.07. The van der Waals surface area contributed by atoms with Gasteiger partial charge in [0.25, 0.3) is 0 Å². The standard InChI is InChI=1S/C20H26N4O/c1-15-13-16(2)24(23-15)19-10-6-9-18(14-19)22-20(25)21-12-11-17-7-4-3-5-8-17/h6-7,9-10,13-14H,3-5,8,11-12H2,1-2H3,(H2,21,22,25). The monoisotopic (exact) mass is 338 g/mol. The minimum Gasteiger partial charge on any atom is -0.338 e. The summed E-state index contributed by atoms with van der Waals surface area (Å²) < 4.78 is 1.88. The first kappa shape index (κ1) is 17.3. The second-order valence-electron chi connectivity index (χ2n) is 6.63. The molecule has 1 aromatic carbocycles. The van der Waals surface area contributed by atoms with E-state index in [1.807, 2.05) is 48.9 Å². The van der Waals surface area contributed by atoms with Crippen LogP contribution in [0.15, 0.2) is 42.0 Å². The first-order valence-electron chi connectivity index (χ1n) is 8.98. The van der Waals surface area contributed by atoms with Crippen molar-refractivity contribution in [1.82, 2.24) is 15.1 Å². The van der Waals surface area contributed by atoms with E-state index in [0.29, 0.717) is 6.54 Å². The number of allylic oxidation sites excluding steroid dienone is 1. The number of aryl methyl sites for hydroxylation is 2. The smallest absolute Gasteiger partial charge is 0.319 e. The molecule has 132 valence electrons. The molecule has 5 nitrogen and oxygen atoms in total. The fourth-order valence-electron chi connectivity index (χ4n) is 3.25. The quantitative estimate of drug-likeness (QED) is 0.789. The lowest BCUT2D eigenvalue weighted by Gasteiger charge is -2.13. The van der Waals surface area contributed by atoms with Gasteiger partial charge in [0, 0.05) is 17.9 Å². The number of aromatic nitrogens is 2. The number of anilines is 1. The third-order valence-electron chi connectivity index (χ3n) is 4.47. The second kappa shape index (κ2) is 8.01. The number of hydrogen-bond donors (Lipinski definition) is 2. The molecule has 1 aliphatic carbocycles. The lowest BCUT2D eigenvalue weighted by atomic mass is 9.97. The highest BCUT2D eigenvalue weighted by Crippen LogP contribution is 2.19. The van der Waals surface area contributed by atoms with Gasteiger partial charge in [-0.2, -0.15) is 5.10 Å². The summed E-state index contributed by atoms with van der Waals surface area (Å²) in [5, 5.41) is 10.3. The van der Waals surface area contributed by atoms with Crippen LogP contribution in [0.3, 0.4) is 0 Å². The normalized spacial score (nSPS) is 14.1. The molecule has 0 atom stereocenters. The third-order valence-corrected chi connectivity index (χ3v) is 4.47. The summed E-state index contributed by atoms with van der Waals surface area (Å²) in [5.41, 5.74) is 5.22. The van der Waals surface area contributed by atoms with Gasteiger partial charge in [0.2, 0.25) is 0 Å². The summed E-state index contributed by atoms with van der Waals surface area (Å²) in [7, 11) is 0. The van der Waals surface area contributed by atoms with Gasteiger partial charge in [-0.1, -0.05) is 17.7 Å². The topological polar surface area (TPSA) is 59.0 Å². The number of hydrogen-bond acceptors (Lipinski definition) is 2. The maximum Gasteiger partial charge on any atom is 0.319 e. The molecular formula is C20H26N4O. The van der Waals surface area contributed by atoms with E-state index in [9.17, 15) is 4.79 Å². The van der Waals surface area contributed by atoms with E-state index in [1.165, 1.54) is 31.3 Å². The Balaban J connectivity index is 1.55. The van der Waals surface area contributed by atoms with E-state index in [4.69, 9.17) is 0 Å². The fraction of sp³-hybridized carbons (Fsp3) is 0.400. The Bertz CT molecular complexity index is 776. The third kappa shape index (κ3) is 4.72. The van der Waals surface area contributed by atoms with Gasteiger partial charge in [0.05, 0.1) is 11.4 Å². The molecule has 0 bridgehead atoms. The summed E-state index contributed by atoms with van der Waals surface area (Å²) in [5.74, 6) is 0. The van der Waals surface area contributed by atoms with Gasteiger partial charge in [-0.05, 0) is 70.2 Å². The van der Waals surface area contributed by atoms with Gasteiger partial charge in [0.1, 0.15) is 0 Å². The molecule has 1 aromatic heterocycles. The lowest BCUT2D eigenvalue weighted by Crippen LogP contribution is -2.29. The predicted octanol–water partition coefficient (Wildman–Crippen LogP) is 4.50. The minimum absolute atomic E-state index is 0.165. The highest BCUT2D eigenvalue weighted by atomic mass is 16.2. The number of urea groups is 1. The second-order valence-corrected chi connectivity index (χ2v) is 6.63. The number of amides is 2. The molecule has 0 radical (unpaired) electrons. The minimum atomic E-state index is -0.165. The van der Waals surface area contributed by atoms with Crippen LogP contribution in [-0.4, -0.2) is 22.4 Å². The molecule has 0 aliphatic heterocycles. The molecule has 0 spiro atoms. The SMILES string of the molecule is Cc1cc(C)n(-c2cccc(NC(=O)NCCC3=CCCCC3)c2)n1. The average molecular weight is 338 g/mol. The first-order chi connectivity index (χ1) is 12.1. The highest BCUT2D eigenvalue weighted by molar-refractivity contribution is 5.89. The van der Waals surface area contributed by atoms with Crippen molar-refractivity contribution in [2.24, 2.45) is 0 Å². The van der Waals surface area contributed by atoms with Crippen molar-refractivity contribution in [3.8, 4) is 5.69 Å². The molecule has 25 heavy (non-hydrogen) atoms. The van der Waals surface area contributed by atoms with Crippen molar-refractivity contribution >= 4 is 11.7 Å². The Hall–Kier alpha value is -2.56. The predicted molar refractivity (Wildman–Crippen MR) is 101 cm³/mol. The van der Waals surface area contributed by atoms with E-state index in [0.717, 1.165) is 29.2 Å². The van der Waals surface area contributed by atoms with Gasteiger partial charge in [-0.25, -0.2) is 9.48 Å². The van der Waals surface area contributed by atoms with E-state index in [1.54, 1.807) is 0 Å². The number of nitrogens with one attached hydrogen (secondary N) is 2. The van der Waals surface area contributed by atoms with Gasteiger partial charge in [0.15, 0.2) is 0 Å². The molecule has 1 aliphatic rings. The summed E-state index contributed by atoms with van der Waals surface area (Å²) >= 11 is 0. The molecular weight excluding hydrogens is 312 g/mol. The van der Waals surface area contributed by atoms with Crippen molar-refractivity contribution in [1.29, 1.82) is 0 Å². The number of carbonyl (C=O) groups is 1. The van der Waals surface area contributed by atoms with E-state index in [-0.39, 0.29) is 6.03 Å². The number of benzene rings is 1. The summed E-state index contributed by atoms with van der Waals surface area (Å²) in [6.07, 6.45) is 8.19. The van der Waals surface area contributed by atoms with Crippen LogP contribution >= 0.6 is 0 Å². The van der Waals surface area contributed by atoms with Crippen molar-refractivity contribution < 1.29 is 4.79 Å². The molecule has 3 rings (SSSR count). The van der Waals surface area contributed by atoms with Crippen molar-refractivity contribution in [2.75, 3.05) is 11.9 Å². The van der Waals surface area contributed by atoms with Crippen molar-refractivity contribution in [3.05, 3.63) is 53.4 Å². The Kier molecular flexibility index (Phi) is 5.53. The molecule has 2 N–H and O–H groups in total. The van der Waals surface area contributed by atoms with Gasteiger partial charge in [-0.3, -0.25) is 0 Å². The van der Waals surface area contributed by atoms with Crippen LogP contribution < -0.4 is 10.6 Å². The van der Waals surface area contributed by atoms with E-state index < -0.39 is 0 Å². The van der Waals surface area contributed by atoms with Crippen molar-refractivity contribution in [2.45, 2.75) is 46.0 Å². The van der Waals surface area contributed by atoms with Crippen molar-refractivity contribution in [3.63, 3.8) is 0 Å². The van der Waals surface area contributed by atoms with E-state index >= 15 is 0 Å². The Morgan fingerprint density at radius 1 is 1.24 bits per heavy atom. The molecule has 0 saturated carbocycles. The number of carbonyl (C=O) groups excluding carboxylic acids is 1. The summed E-state index contributed by atoms with van der Waals surface area (Å²) in [6, 6.07) is 9.60. The van der Waals surface area contributed by atoms with Crippen LogP contribution in [0.1, 0.15) is 43.5 Å². The Morgan fingerprint density at radius 3 is 2.84 bits per heavy atom. The molecule has 0 saturated heterocycles. The molecule has 1 heterocycles. The molecule has 2 aromatic rings. The van der Waals surface area contributed by atoms with E-state index in [2.05, 4.69) is 21.8 Å². The zero-order valence-electron chi connectivity index (χ0n) is 15.0. The summed E-state index contributed by atoms with van der Waals surface area (Å²) in [6.45, 7) is 4.67. The maximum absolute atomic E-state index is 12.1. The fourth-order valence-corrected chi connectivity index (χ4v) is 3.25. The lowest BCUT2D eigenvalue weighted by molar-refractivity contribution is 0.252. The molecule has 0 fully saturated rings. The van der Waals surface area contributed by atoms with Crippen LogP contribution in [0, 0.1) is 13.8 Å². The first-order valence-corrected chi connectivity index (χ1v) is 8.98. The Morgan fingerprint density at radius 2 is 2.12 bits per heavy atom. The number of nitrogens with zero attached hydrogens (tertiary/aromatic N) is 2. The molecule has 0 unspecified atom stereocenters. The van der Waals surface area contributed by atoms with Gasteiger partial charge >= 0.3 is 6.03 Å². The molecule has 5 heteroatoms. The largest absolute Gasteiger partial charge is 0.338 e. The zero-order valence-corrected chi connectivity index (χ0v) is 15.0. The molecule has 2 amide bonds. The average Bonchev–Trinajstić information content (AvgIpc) is 2.94. The van der Waals surface area contributed by atoms with Crippen LogP contribution in [0.25, 0.3) is 5.69 Å². The maximum atomic E-state index is 12.1. The Labute approximate surface area is 149 Å². The van der Waals surface area contributed by atoms with Crippen LogP contribution in [-0.2, 0) is 0 Å². The van der Waals surface area contributed by atoms with Crippen LogP contribution in [0.5, 0.6) is 0 Å². The van der Waals surface area contributed by atoms with Gasteiger partial charge in [-0.15, -0.1) is 0 Å². The van der Waals surface area contributed by atoms with Gasteiger partial charge < -0.3 is 10.6 Å². The van der Waals surface area contributed by atoms with Crippen LogP contribution in [0.4, 0.5) is 10.5 Å². The zero-order chi connectivity index (χ0) is 17.6. The summed E-state index contributed by atoms with van der Waals surface area (Å²) in [4.78, 5) is 12.1.